The van der Waals surface area contributed by atoms with E-state index in [-0.39, 0.29) is 24.3 Å². The molecule has 2 aliphatic heterocycles. The molecule has 2 N–H and O–H groups in total. The molecule has 8 nitrogen and oxygen atoms in total. The molecule has 3 aromatic rings. The number of carbonyl (C=O) groups excluding carboxylic acids is 2. The van der Waals surface area contributed by atoms with Crippen molar-refractivity contribution in [2.75, 3.05) is 13.6 Å². The van der Waals surface area contributed by atoms with Crippen molar-refractivity contribution in [3.8, 4) is 10.4 Å². The number of aliphatic hydroxyl groups excluding tert-OH is 1. The van der Waals surface area contributed by atoms with Crippen LogP contribution in [-0.4, -0.2) is 69.3 Å². The van der Waals surface area contributed by atoms with Gasteiger partial charge in [0, 0.05) is 38.7 Å². The molecule has 0 aliphatic carbocycles. The monoisotopic (exact) mass is 545 g/mol. The van der Waals surface area contributed by atoms with Gasteiger partial charge in [-0.05, 0) is 35.6 Å². The van der Waals surface area contributed by atoms with Crippen LogP contribution in [0.4, 0.5) is 0 Å². The molecule has 9 heteroatoms. The number of aromatic nitrogens is 1. The number of amidine groups is 1. The fourth-order valence-corrected chi connectivity index (χ4v) is 6.47. The van der Waals surface area contributed by atoms with Gasteiger partial charge in [0.1, 0.15) is 11.9 Å². The number of benzene rings is 2. The number of aliphatic hydroxyl groups is 1. The van der Waals surface area contributed by atoms with Crippen LogP contribution in [0.3, 0.4) is 0 Å². The number of amides is 2. The van der Waals surface area contributed by atoms with E-state index in [0.717, 1.165) is 22.4 Å². The van der Waals surface area contributed by atoms with Gasteiger partial charge in [0.25, 0.3) is 5.91 Å². The highest BCUT2D eigenvalue weighted by Gasteiger charge is 2.45. The maximum absolute atomic E-state index is 14.0. The molecule has 1 saturated heterocycles. The second kappa shape index (κ2) is 11.3. The summed E-state index contributed by atoms with van der Waals surface area (Å²) < 4.78 is 0. The lowest BCUT2D eigenvalue weighted by Gasteiger charge is -2.35. The number of β-amino-alcohol motifs (C(OH)–C–C–N with tert-alkyl or cyclic N) is 1. The first kappa shape index (κ1) is 27.0. The third-order valence-electron chi connectivity index (χ3n) is 7.62. The van der Waals surface area contributed by atoms with Gasteiger partial charge >= 0.3 is 0 Å². The molecule has 1 aromatic heterocycles. The van der Waals surface area contributed by atoms with E-state index in [1.165, 1.54) is 4.88 Å². The molecule has 2 amide bonds. The minimum Gasteiger partial charge on any atom is -0.391 e. The van der Waals surface area contributed by atoms with E-state index in [4.69, 9.17) is 0 Å². The first-order valence-corrected chi connectivity index (χ1v) is 14.2. The lowest BCUT2D eigenvalue weighted by Crippen LogP contribution is -2.55. The highest BCUT2D eigenvalue weighted by atomic mass is 32.1. The Labute approximate surface area is 233 Å². The zero-order chi connectivity index (χ0) is 27.7. The van der Waals surface area contributed by atoms with Crippen molar-refractivity contribution in [2.45, 2.75) is 58.5 Å². The lowest BCUT2D eigenvalue weighted by molar-refractivity contribution is -0.138. The van der Waals surface area contributed by atoms with Crippen molar-refractivity contribution < 1.29 is 14.7 Å². The molecule has 3 heterocycles. The Balaban J connectivity index is 1.30. The number of likely N-dealkylation sites (tertiary alicyclic amines) is 1. The van der Waals surface area contributed by atoms with Crippen LogP contribution in [-0.2, 0) is 17.9 Å². The number of carbonyl (C=O) groups is 2. The summed E-state index contributed by atoms with van der Waals surface area (Å²) >= 11 is 1.63. The summed E-state index contributed by atoms with van der Waals surface area (Å²) in [6.45, 7) is 7.10. The Morgan fingerprint density at radius 2 is 1.95 bits per heavy atom. The number of nitrogens with zero attached hydrogens (tertiary/aromatic N) is 4. The van der Waals surface area contributed by atoms with Crippen LogP contribution in [0.15, 0.2) is 59.0 Å². The van der Waals surface area contributed by atoms with Gasteiger partial charge < -0.3 is 20.2 Å². The van der Waals surface area contributed by atoms with Crippen LogP contribution in [0.5, 0.6) is 0 Å². The van der Waals surface area contributed by atoms with Gasteiger partial charge in [-0.3, -0.25) is 14.6 Å². The van der Waals surface area contributed by atoms with Crippen LogP contribution in [0.25, 0.3) is 10.4 Å². The van der Waals surface area contributed by atoms with E-state index >= 15 is 0 Å². The van der Waals surface area contributed by atoms with Gasteiger partial charge in [-0.25, -0.2) is 4.98 Å². The second-order valence-corrected chi connectivity index (χ2v) is 11.5. The average Bonchev–Trinajstić information content (AvgIpc) is 3.62. The average molecular weight is 546 g/mol. The summed E-state index contributed by atoms with van der Waals surface area (Å²) in [6, 6.07) is 14.8. The largest absolute Gasteiger partial charge is 0.391 e. The molecule has 204 valence electrons. The fourth-order valence-electron chi connectivity index (χ4n) is 5.66. The molecule has 0 saturated carbocycles. The van der Waals surface area contributed by atoms with Gasteiger partial charge in [0.15, 0.2) is 0 Å². The molecule has 0 bridgehead atoms. The molecule has 2 aliphatic rings. The van der Waals surface area contributed by atoms with E-state index < -0.39 is 18.2 Å². The number of aliphatic imine (C=N–C) groups is 1. The standard InChI is InChI=1S/C30H35N5O3S/c1-18(2)26(35-15-22-7-5-6-8-24(22)29(35)37)30(38)34-16-23(36)13-25(34)28(31-4)32-14-20-9-11-21(12-10-20)27-19(3)33-17-39-27/h5-12,17-18,23,25-26,36H,13-16H2,1-4H3,(H,31,32)/t23-,25+,26+/m1/s1. The molecule has 2 aromatic carbocycles. The summed E-state index contributed by atoms with van der Waals surface area (Å²) in [6.07, 6.45) is -0.257. The van der Waals surface area contributed by atoms with E-state index in [0.29, 0.717) is 30.9 Å². The predicted molar refractivity (Wildman–Crippen MR) is 154 cm³/mol. The fraction of sp³-hybridized carbons (Fsp3) is 0.400. The van der Waals surface area contributed by atoms with Gasteiger partial charge in [0.2, 0.25) is 5.91 Å². The van der Waals surface area contributed by atoms with Crippen molar-refractivity contribution in [1.29, 1.82) is 0 Å². The molecule has 0 spiro atoms. The summed E-state index contributed by atoms with van der Waals surface area (Å²) in [7, 11) is 1.70. The third-order valence-corrected chi connectivity index (χ3v) is 8.60. The molecule has 0 unspecified atom stereocenters. The molecule has 1 fully saturated rings. The van der Waals surface area contributed by atoms with Crippen LogP contribution in [0.1, 0.15) is 47.4 Å². The van der Waals surface area contributed by atoms with Gasteiger partial charge in [-0.15, -0.1) is 11.3 Å². The quantitative estimate of drug-likeness (QED) is 0.347. The first-order valence-electron chi connectivity index (χ1n) is 13.4. The number of fused-ring (bicyclic) bond motifs is 1. The van der Waals surface area contributed by atoms with Crippen molar-refractivity contribution in [1.82, 2.24) is 20.1 Å². The number of rotatable bonds is 7. The Morgan fingerprint density at radius 1 is 1.21 bits per heavy atom. The van der Waals surface area contributed by atoms with E-state index in [9.17, 15) is 14.7 Å². The Bertz CT molecular complexity index is 1380. The molecular weight excluding hydrogens is 510 g/mol. The molecule has 39 heavy (non-hydrogen) atoms. The van der Waals surface area contributed by atoms with Crippen LogP contribution in [0, 0.1) is 12.8 Å². The topological polar surface area (TPSA) is 98.1 Å². The molecule has 5 rings (SSSR count). The smallest absolute Gasteiger partial charge is 0.255 e. The zero-order valence-corrected chi connectivity index (χ0v) is 23.6. The van der Waals surface area contributed by atoms with Crippen molar-refractivity contribution in [3.63, 3.8) is 0 Å². The first-order chi connectivity index (χ1) is 18.8. The lowest BCUT2D eigenvalue weighted by atomic mass is 10.00. The van der Waals surface area contributed by atoms with E-state index in [2.05, 4.69) is 39.6 Å². The highest BCUT2D eigenvalue weighted by Crippen LogP contribution is 2.31. The summed E-state index contributed by atoms with van der Waals surface area (Å²) in [5.41, 5.74) is 6.69. The minimum atomic E-state index is -0.654. The minimum absolute atomic E-state index is 0.0928. The predicted octanol–water partition coefficient (Wildman–Crippen LogP) is 3.88. The number of hydrogen-bond acceptors (Lipinski definition) is 6. The third kappa shape index (κ3) is 5.33. The molecule has 3 atom stereocenters. The maximum Gasteiger partial charge on any atom is 0.255 e. The number of nitrogens with one attached hydrogen (secondary N) is 1. The van der Waals surface area contributed by atoms with Crippen molar-refractivity contribution in [2.24, 2.45) is 10.9 Å². The summed E-state index contributed by atoms with van der Waals surface area (Å²) in [5, 5.41) is 14.0. The SMILES string of the molecule is C/N=C(/NCc1ccc(-c2scnc2C)cc1)[C@@H]1C[C@@H](O)CN1C(=O)[C@H](C(C)C)N1Cc2ccccc2C1=O. The van der Waals surface area contributed by atoms with Crippen LogP contribution in [0.2, 0.25) is 0 Å². The number of aryl methyl sites for hydroxylation is 1. The second-order valence-electron chi connectivity index (χ2n) is 10.6. The zero-order valence-electron chi connectivity index (χ0n) is 22.8. The Hall–Kier alpha value is -3.56. The van der Waals surface area contributed by atoms with Crippen LogP contribution < -0.4 is 5.32 Å². The number of hydrogen-bond donors (Lipinski definition) is 2. The summed E-state index contributed by atoms with van der Waals surface area (Å²) in [4.78, 5) is 40.6. The normalized spacial score (nSPS) is 20.1. The van der Waals surface area contributed by atoms with Crippen molar-refractivity contribution >= 4 is 29.0 Å². The van der Waals surface area contributed by atoms with E-state index in [1.54, 1.807) is 28.2 Å². The Kier molecular flexibility index (Phi) is 7.81. The molecular formula is C30H35N5O3S. The van der Waals surface area contributed by atoms with Gasteiger partial charge in [0.05, 0.1) is 28.2 Å². The maximum atomic E-state index is 14.0. The van der Waals surface area contributed by atoms with Crippen LogP contribution >= 0.6 is 11.3 Å². The van der Waals surface area contributed by atoms with Gasteiger partial charge in [-0.2, -0.15) is 0 Å². The summed E-state index contributed by atoms with van der Waals surface area (Å²) in [5.74, 6) is 0.291. The Morgan fingerprint density at radius 3 is 2.59 bits per heavy atom. The number of thiazole rings is 1. The molecule has 0 radical (unpaired) electrons. The van der Waals surface area contributed by atoms with E-state index in [1.807, 2.05) is 50.5 Å². The highest BCUT2D eigenvalue weighted by molar-refractivity contribution is 7.13. The van der Waals surface area contributed by atoms with Crippen molar-refractivity contribution in [3.05, 3.63) is 76.4 Å². The van der Waals surface area contributed by atoms with Gasteiger partial charge in [-0.1, -0.05) is 56.3 Å².